The summed E-state index contributed by atoms with van der Waals surface area (Å²) in [6, 6.07) is 5.05. The number of fused-ring (bicyclic) bond motifs is 1. The molecule has 1 atom stereocenters. The molecule has 0 saturated heterocycles. The zero-order valence-corrected chi connectivity index (χ0v) is 13.2. The smallest absolute Gasteiger partial charge is 0.303 e. The molecule has 0 fully saturated rings. The maximum Gasteiger partial charge on any atom is 0.303 e. The van der Waals surface area contributed by atoms with Crippen molar-refractivity contribution in [2.24, 2.45) is 0 Å². The molecule has 0 aromatic heterocycles. The van der Waals surface area contributed by atoms with Gasteiger partial charge in [-0.3, -0.25) is 14.4 Å². The Hall–Kier alpha value is -2.57. The minimum absolute atomic E-state index is 0.0996. The van der Waals surface area contributed by atoms with Crippen LogP contribution in [0.4, 0.5) is 11.4 Å². The normalized spacial score (nSPS) is 16.5. The van der Waals surface area contributed by atoms with Crippen LogP contribution in [0.5, 0.6) is 5.75 Å². The topological polar surface area (TPSA) is 95.9 Å². The highest BCUT2D eigenvalue weighted by molar-refractivity contribution is 6.01. The predicted octanol–water partition coefficient (Wildman–Crippen LogP) is 2.01. The van der Waals surface area contributed by atoms with Crippen LogP contribution >= 0.6 is 0 Å². The quantitative estimate of drug-likeness (QED) is 0.836. The van der Waals surface area contributed by atoms with Crippen molar-refractivity contribution in [2.75, 3.05) is 16.8 Å². The summed E-state index contributed by atoms with van der Waals surface area (Å²) in [7, 11) is 0. The fraction of sp³-hybridized carbons (Fsp3) is 0.438. The molecule has 0 bridgehead atoms. The van der Waals surface area contributed by atoms with Gasteiger partial charge in [-0.25, -0.2) is 0 Å². The van der Waals surface area contributed by atoms with Crippen molar-refractivity contribution in [1.29, 1.82) is 0 Å². The van der Waals surface area contributed by atoms with Gasteiger partial charge >= 0.3 is 5.97 Å². The third-order valence-electron chi connectivity index (χ3n) is 3.46. The zero-order chi connectivity index (χ0) is 17.0. The molecule has 1 unspecified atom stereocenters. The van der Waals surface area contributed by atoms with E-state index in [1.165, 1.54) is 0 Å². The Morgan fingerprint density at radius 3 is 2.74 bits per heavy atom. The van der Waals surface area contributed by atoms with Crippen LogP contribution in [0, 0.1) is 0 Å². The molecule has 0 aliphatic carbocycles. The summed E-state index contributed by atoms with van der Waals surface area (Å²) in [5.41, 5.74) is 1.12. The number of carboxylic acid groups (broad SMARTS) is 1. The number of rotatable bonds is 6. The number of ether oxygens (including phenoxy) is 1. The van der Waals surface area contributed by atoms with Crippen LogP contribution in [-0.2, 0) is 14.4 Å². The maximum absolute atomic E-state index is 12.2. The SMILES string of the molecule is CCCN1C(=O)C(C)Oc2ccc(NC(=O)CCC(=O)O)cc21. The summed E-state index contributed by atoms with van der Waals surface area (Å²) >= 11 is 0. The van der Waals surface area contributed by atoms with Crippen molar-refractivity contribution in [1.82, 2.24) is 0 Å². The zero-order valence-electron chi connectivity index (χ0n) is 13.2. The third kappa shape index (κ3) is 4.00. The number of carbonyl (C=O) groups is 3. The summed E-state index contributed by atoms with van der Waals surface area (Å²) in [4.78, 5) is 36.1. The van der Waals surface area contributed by atoms with Gasteiger partial charge in [0.05, 0.1) is 12.1 Å². The summed E-state index contributed by atoms with van der Waals surface area (Å²) in [5, 5.41) is 11.2. The van der Waals surface area contributed by atoms with Gasteiger partial charge in [0.25, 0.3) is 5.91 Å². The maximum atomic E-state index is 12.2. The van der Waals surface area contributed by atoms with Crippen LogP contribution in [0.1, 0.15) is 33.1 Å². The van der Waals surface area contributed by atoms with Gasteiger partial charge < -0.3 is 20.1 Å². The van der Waals surface area contributed by atoms with Crippen LogP contribution in [0.25, 0.3) is 0 Å². The van der Waals surface area contributed by atoms with Crippen LogP contribution in [0.2, 0.25) is 0 Å². The molecule has 1 aromatic rings. The van der Waals surface area contributed by atoms with Crippen LogP contribution in [0.15, 0.2) is 18.2 Å². The highest BCUT2D eigenvalue weighted by atomic mass is 16.5. The summed E-state index contributed by atoms with van der Waals surface area (Å²) in [5.74, 6) is -0.929. The van der Waals surface area contributed by atoms with Gasteiger partial charge in [-0.1, -0.05) is 6.92 Å². The van der Waals surface area contributed by atoms with Crippen molar-refractivity contribution < 1.29 is 24.2 Å². The van der Waals surface area contributed by atoms with E-state index in [-0.39, 0.29) is 24.7 Å². The lowest BCUT2D eigenvalue weighted by atomic mass is 10.1. The molecule has 0 saturated carbocycles. The second kappa shape index (κ2) is 7.13. The van der Waals surface area contributed by atoms with Gasteiger partial charge in [-0.05, 0) is 31.5 Å². The van der Waals surface area contributed by atoms with Gasteiger partial charge in [0.2, 0.25) is 5.91 Å². The number of hydrogen-bond acceptors (Lipinski definition) is 4. The predicted molar refractivity (Wildman–Crippen MR) is 84.7 cm³/mol. The molecule has 2 N–H and O–H groups in total. The van der Waals surface area contributed by atoms with Crippen LogP contribution < -0.4 is 15.0 Å². The number of aliphatic carboxylic acids is 1. The van der Waals surface area contributed by atoms with Gasteiger partial charge in [-0.2, -0.15) is 0 Å². The van der Waals surface area contributed by atoms with E-state index in [4.69, 9.17) is 9.84 Å². The number of carboxylic acids is 1. The Labute approximate surface area is 134 Å². The monoisotopic (exact) mass is 320 g/mol. The van der Waals surface area contributed by atoms with E-state index < -0.39 is 12.1 Å². The highest BCUT2D eigenvalue weighted by Gasteiger charge is 2.31. The van der Waals surface area contributed by atoms with Gasteiger partial charge in [0, 0.05) is 18.7 Å². The van der Waals surface area contributed by atoms with Crippen molar-refractivity contribution in [2.45, 2.75) is 39.2 Å². The molecule has 0 radical (unpaired) electrons. The fourth-order valence-corrected chi connectivity index (χ4v) is 2.38. The molecule has 1 aliphatic rings. The first-order valence-electron chi connectivity index (χ1n) is 7.56. The molecular weight excluding hydrogens is 300 g/mol. The fourth-order valence-electron chi connectivity index (χ4n) is 2.38. The lowest BCUT2D eigenvalue weighted by Gasteiger charge is -2.33. The molecular formula is C16H20N2O5. The molecule has 1 aromatic carbocycles. The Balaban J connectivity index is 2.18. The minimum Gasteiger partial charge on any atom is -0.481 e. The van der Waals surface area contributed by atoms with Crippen molar-refractivity contribution >= 4 is 29.2 Å². The Kier molecular flexibility index (Phi) is 5.20. The number of hydrogen-bond donors (Lipinski definition) is 2. The molecule has 2 rings (SSSR count). The van der Waals surface area contributed by atoms with E-state index in [9.17, 15) is 14.4 Å². The number of carbonyl (C=O) groups excluding carboxylic acids is 2. The van der Waals surface area contributed by atoms with E-state index >= 15 is 0 Å². The Morgan fingerprint density at radius 1 is 1.35 bits per heavy atom. The average molecular weight is 320 g/mol. The van der Waals surface area contributed by atoms with E-state index in [0.29, 0.717) is 23.7 Å². The number of anilines is 2. The molecule has 0 spiro atoms. The first kappa shape index (κ1) is 16.8. The first-order chi connectivity index (χ1) is 10.9. The van der Waals surface area contributed by atoms with Crippen molar-refractivity contribution in [3.05, 3.63) is 18.2 Å². The van der Waals surface area contributed by atoms with Crippen molar-refractivity contribution in [3.63, 3.8) is 0 Å². The van der Waals surface area contributed by atoms with E-state index in [1.54, 1.807) is 30.0 Å². The van der Waals surface area contributed by atoms with E-state index in [0.717, 1.165) is 6.42 Å². The van der Waals surface area contributed by atoms with E-state index in [1.807, 2.05) is 6.92 Å². The van der Waals surface area contributed by atoms with Crippen molar-refractivity contribution in [3.8, 4) is 5.75 Å². The molecule has 1 aliphatic heterocycles. The minimum atomic E-state index is -1.02. The number of nitrogens with zero attached hydrogens (tertiary/aromatic N) is 1. The van der Waals surface area contributed by atoms with Crippen LogP contribution in [0.3, 0.4) is 0 Å². The van der Waals surface area contributed by atoms with Gasteiger partial charge in [-0.15, -0.1) is 0 Å². The third-order valence-corrected chi connectivity index (χ3v) is 3.46. The summed E-state index contributed by atoms with van der Waals surface area (Å²) < 4.78 is 5.58. The molecule has 2 amide bonds. The number of nitrogens with one attached hydrogen (secondary N) is 1. The summed E-state index contributed by atoms with van der Waals surface area (Å²) in [6.07, 6.45) is -0.0623. The van der Waals surface area contributed by atoms with Gasteiger partial charge in [0.15, 0.2) is 6.10 Å². The molecule has 124 valence electrons. The highest BCUT2D eigenvalue weighted by Crippen LogP contribution is 2.36. The molecule has 1 heterocycles. The number of amides is 2. The largest absolute Gasteiger partial charge is 0.481 e. The average Bonchev–Trinajstić information content (AvgIpc) is 2.50. The standard InChI is InChI=1S/C16H20N2O5/c1-3-8-18-12-9-11(17-14(19)6-7-15(20)21)4-5-13(12)23-10(2)16(18)22/h4-5,9-10H,3,6-8H2,1-2H3,(H,17,19)(H,20,21). The second-order valence-electron chi connectivity index (χ2n) is 5.37. The Bertz CT molecular complexity index is 629. The van der Waals surface area contributed by atoms with E-state index in [2.05, 4.69) is 5.32 Å². The molecule has 7 nitrogen and oxygen atoms in total. The summed E-state index contributed by atoms with van der Waals surface area (Å²) in [6.45, 7) is 4.25. The Morgan fingerprint density at radius 2 is 2.09 bits per heavy atom. The molecule has 23 heavy (non-hydrogen) atoms. The number of benzene rings is 1. The second-order valence-corrected chi connectivity index (χ2v) is 5.37. The van der Waals surface area contributed by atoms with Crippen LogP contribution in [-0.4, -0.2) is 35.5 Å². The first-order valence-corrected chi connectivity index (χ1v) is 7.56. The lowest BCUT2D eigenvalue weighted by Crippen LogP contribution is -2.44. The van der Waals surface area contributed by atoms with Gasteiger partial charge in [0.1, 0.15) is 5.75 Å². The lowest BCUT2D eigenvalue weighted by molar-refractivity contribution is -0.138. The molecule has 7 heteroatoms.